The molecule has 0 amide bonds. The third kappa shape index (κ3) is 6.94. The molecule has 5 aromatic rings. The minimum absolute atomic E-state index is 0.0505. The van der Waals surface area contributed by atoms with Crippen LogP contribution >= 0.6 is 0 Å². The van der Waals surface area contributed by atoms with E-state index >= 15 is 0 Å². The van der Waals surface area contributed by atoms with Gasteiger partial charge in [0, 0.05) is 30.0 Å². The lowest BCUT2D eigenvalue weighted by atomic mass is 9.89. The molecule has 0 saturated heterocycles. The van der Waals surface area contributed by atoms with Gasteiger partial charge in [-0.15, -0.1) is 0 Å². The number of para-hydroxylation sites is 1. The Bertz CT molecular complexity index is 2230. The van der Waals surface area contributed by atoms with Crippen LogP contribution in [0.2, 0.25) is 0 Å². The van der Waals surface area contributed by atoms with Crippen LogP contribution in [0, 0.1) is 0 Å². The van der Waals surface area contributed by atoms with Gasteiger partial charge >= 0.3 is 0 Å². The number of hydrogen-bond acceptors (Lipinski definition) is 10. The number of ether oxygens (including phenoxy) is 5. The fourth-order valence-electron chi connectivity index (χ4n) is 6.32. The highest BCUT2D eigenvalue weighted by molar-refractivity contribution is 6.01. The van der Waals surface area contributed by atoms with Crippen LogP contribution in [-0.2, 0) is 12.8 Å². The minimum Gasteiger partial charge on any atom is -0.507 e. The van der Waals surface area contributed by atoms with Crippen LogP contribution in [0.4, 0.5) is 0 Å². The van der Waals surface area contributed by atoms with Gasteiger partial charge in [0.25, 0.3) is 0 Å². The van der Waals surface area contributed by atoms with Gasteiger partial charge in [0.1, 0.15) is 34.2 Å². The molecule has 0 saturated carbocycles. The number of phenols is 1. The van der Waals surface area contributed by atoms with Gasteiger partial charge in [-0.1, -0.05) is 42.5 Å². The number of rotatable bonds is 7. The molecule has 2 N–H and O–H groups in total. The van der Waals surface area contributed by atoms with E-state index in [2.05, 4.69) is 0 Å². The number of methoxy groups -OCH3 is 3. The number of aliphatic hydroxyl groups is 1. The maximum Gasteiger partial charge on any atom is 0.235 e. The molecule has 10 nitrogen and oxygen atoms in total. The van der Waals surface area contributed by atoms with Crippen LogP contribution < -0.4 is 29.1 Å². The van der Waals surface area contributed by atoms with E-state index in [1.807, 2.05) is 68.5 Å². The summed E-state index contributed by atoms with van der Waals surface area (Å²) in [6.07, 6.45) is 3.59. The van der Waals surface area contributed by atoms with Crippen molar-refractivity contribution in [2.75, 3.05) is 21.3 Å². The third-order valence-electron chi connectivity index (χ3n) is 9.19. The number of fused-ring (bicyclic) bond motifs is 3. The zero-order chi connectivity index (χ0) is 37.4. The second-order valence-electron chi connectivity index (χ2n) is 13.7. The highest BCUT2D eigenvalue weighted by Crippen LogP contribution is 2.41. The molecule has 2 aliphatic rings. The van der Waals surface area contributed by atoms with Crippen LogP contribution in [0.3, 0.4) is 0 Å². The number of carbonyl (C=O) groups is 1. The molecular formula is C42H42O10. The Morgan fingerprint density at radius 3 is 2.29 bits per heavy atom. The monoisotopic (exact) mass is 706 g/mol. The minimum atomic E-state index is -0.758. The van der Waals surface area contributed by atoms with Gasteiger partial charge in [0.15, 0.2) is 22.9 Å². The lowest BCUT2D eigenvalue weighted by molar-refractivity contribution is -0.0412. The fourth-order valence-corrected chi connectivity index (χ4v) is 6.32. The number of aromatic hydroxyl groups is 1. The standard InChI is InChI=1S/C25H28O6.C17H14O4/c1-24(2)9-8-16-20(30-24)7-6-14(23(16)29-5)11-18(26)17-10-15-12-22(28)25(3,4)31-21(15)13-19(17)27;1-19-13-10-6-9-12-14(18)17(20-2)15(21-16(12)13)11-7-4-3-5-8-11/h6-10,13,22,27-28H,11-12H2,1-5H3;3-10H,1-2H3. The number of carbonyl (C=O) groups excluding carboxylic acids is 1. The number of phenolic OH excluding ortho intramolecular Hbond substituents is 1. The molecule has 1 aromatic heterocycles. The van der Waals surface area contributed by atoms with Gasteiger partial charge < -0.3 is 38.3 Å². The smallest absolute Gasteiger partial charge is 0.235 e. The topological polar surface area (TPSA) is 134 Å². The molecule has 10 heteroatoms. The first kappa shape index (κ1) is 36.1. The SMILES string of the molecule is COc1c(-c2ccccc2)oc2c(OC)cccc2c1=O.COc1c(CC(=O)c2cc3c(cc2O)OC(C)(C)C(O)C3)ccc2c1C=CC(C)(C)O2. The van der Waals surface area contributed by atoms with Crippen molar-refractivity contribution in [3.8, 4) is 45.8 Å². The summed E-state index contributed by atoms with van der Waals surface area (Å²) in [5.41, 5.74) is 2.21. The van der Waals surface area contributed by atoms with Crippen molar-refractivity contribution in [2.24, 2.45) is 0 Å². The predicted molar refractivity (Wildman–Crippen MR) is 198 cm³/mol. The van der Waals surface area contributed by atoms with Crippen molar-refractivity contribution in [2.45, 2.75) is 57.8 Å². The van der Waals surface area contributed by atoms with Gasteiger partial charge in [-0.05, 0) is 69.7 Å². The van der Waals surface area contributed by atoms with Gasteiger partial charge in [-0.25, -0.2) is 0 Å². The number of benzene rings is 4. The Morgan fingerprint density at radius 1 is 0.865 bits per heavy atom. The molecule has 2 aliphatic heterocycles. The average molecular weight is 707 g/mol. The van der Waals surface area contributed by atoms with Crippen LogP contribution in [0.1, 0.15) is 54.7 Å². The quantitative estimate of drug-likeness (QED) is 0.163. The predicted octanol–water partition coefficient (Wildman–Crippen LogP) is 7.56. The van der Waals surface area contributed by atoms with Crippen molar-refractivity contribution in [1.82, 2.24) is 0 Å². The van der Waals surface area contributed by atoms with Crippen molar-refractivity contribution < 1.29 is 43.1 Å². The highest BCUT2D eigenvalue weighted by Gasteiger charge is 2.36. The van der Waals surface area contributed by atoms with E-state index < -0.39 is 17.3 Å². The molecule has 0 aliphatic carbocycles. The van der Waals surface area contributed by atoms with E-state index in [9.17, 15) is 19.8 Å². The second kappa shape index (κ2) is 14.1. The number of ketones is 1. The van der Waals surface area contributed by atoms with E-state index in [-0.39, 0.29) is 34.7 Å². The summed E-state index contributed by atoms with van der Waals surface area (Å²) in [6, 6.07) is 21.3. The molecule has 7 rings (SSSR count). The van der Waals surface area contributed by atoms with E-state index in [0.717, 1.165) is 11.1 Å². The zero-order valence-corrected chi connectivity index (χ0v) is 30.2. The summed E-state index contributed by atoms with van der Waals surface area (Å²) in [5, 5.41) is 21.3. The first-order chi connectivity index (χ1) is 24.8. The lowest BCUT2D eigenvalue weighted by Gasteiger charge is -2.37. The number of aliphatic hydroxyl groups excluding tert-OH is 1. The summed E-state index contributed by atoms with van der Waals surface area (Å²) in [6.45, 7) is 7.52. The van der Waals surface area contributed by atoms with Crippen molar-refractivity contribution in [3.63, 3.8) is 0 Å². The van der Waals surface area contributed by atoms with Crippen LogP contribution in [-0.4, -0.2) is 54.6 Å². The summed E-state index contributed by atoms with van der Waals surface area (Å²) in [7, 11) is 4.57. The van der Waals surface area contributed by atoms with Crippen LogP contribution in [0.25, 0.3) is 28.4 Å². The normalized spacial score (nSPS) is 16.3. The summed E-state index contributed by atoms with van der Waals surface area (Å²) < 4.78 is 33.9. The molecule has 0 bridgehead atoms. The summed E-state index contributed by atoms with van der Waals surface area (Å²) in [4.78, 5) is 25.7. The molecule has 0 fully saturated rings. The molecule has 1 atom stereocenters. The summed E-state index contributed by atoms with van der Waals surface area (Å²) >= 11 is 0. The number of hydrogen-bond donors (Lipinski definition) is 2. The second-order valence-corrected chi connectivity index (χ2v) is 13.7. The fraction of sp³-hybridized carbons (Fsp3) is 0.286. The molecule has 270 valence electrons. The Kier molecular flexibility index (Phi) is 9.79. The molecule has 1 unspecified atom stereocenters. The molecule has 0 radical (unpaired) electrons. The Morgan fingerprint density at radius 2 is 1.60 bits per heavy atom. The lowest BCUT2D eigenvalue weighted by Crippen LogP contribution is -2.46. The number of Topliss-reactive ketones (excluding diaryl/α,β-unsaturated/α-hetero) is 1. The molecule has 3 heterocycles. The largest absolute Gasteiger partial charge is 0.507 e. The maximum absolute atomic E-state index is 13.1. The highest BCUT2D eigenvalue weighted by atomic mass is 16.5. The zero-order valence-electron chi connectivity index (χ0n) is 30.2. The van der Waals surface area contributed by atoms with Crippen molar-refractivity contribution in [1.29, 1.82) is 0 Å². The van der Waals surface area contributed by atoms with Crippen LogP contribution in [0.15, 0.2) is 88.1 Å². The Balaban J connectivity index is 0.000000192. The third-order valence-corrected chi connectivity index (χ3v) is 9.19. The first-order valence-corrected chi connectivity index (χ1v) is 16.8. The molecule has 52 heavy (non-hydrogen) atoms. The van der Waals surface area contributed by atoms with Gasteiger partial charge in [-0.3, -0.25) is 9.59 Å². The van der Waals surface area contributed by atoms with Gasteiger partial charge in [0.05, 0.1) is 43.9 Å². The van der Waals surface area contributed by atoms with Crippen LogP contribution in [0.5, 0.6) is 34.5 Å². The molecular weight excluding hydrogens is 664 g/mol. The van der Waals surface area contributed by atoms with Gasteiger partial charge in [-0.2, -0.15) is 0 Å². The summed E-state index contributed by atoms with van der Waals surface area (Å²) in [5.74, 6) is 2.49. The Hall–Kier alpha value is -5.74. The maximum atomic E-state index is 13.1. The van der Waals surface area contributed by atoms with Crippen molar-refractivity contribution in [3.05, 3.63) is 111 Å². The van der Waals surface area contributed by atoms with E-state index in [0.29, 0.717) is 57.3 Å². The van der Waals surface area contributed by atoms with Crippen molar-refractivity contribution >= 4 is 22.8 Å². The first-order valence-electron chi connectivity index (χ1n) is 16.8. The average Bonchev–Trinajstić information content (AvgIpc) is 3.12. The van der Waals surface area contributed by atoms with E-state index in [4.69, 9.17) is 28.1 Å². The van der Waals surface area contributed by atoms with Gasteiger partial charge in [0.2, 0.25) is 11.2 Å². The van der Waals surface area contributed by atoms with E-state index in [1.165, 1.54) is 13.2 Å². The van der Waals surface area contributed by atoms with E-state index in [1.54, 1.807) is 52.3 Å². The molecule has 4 aromatic carbocycles. The Labute approximate surface area is 301 Å². The molecule has 0 spiro atoms.